The number of β-lactam (4-membered cyclic amide) rings is 1. The van der Waals surface area contributed by atoms with Crippen LogP contribution in [0.5, 0.6) is 0 Å². The van der Waals surface area contributed by atoms with Gasteiger partial charge in [0.1, 0.15) is 6.04 Å². The van der Waals surface area contributed by atoms with Gasteiger partial charge in [0, 0.05) is 13.1 Å². The SMILES string of the molecule is O=C1NC[C@@H]1N(CCc1ccccc1)C(=O)O. The third-order valence-corrected chi connectivity index (χ3v) is 2.88. The lowest BCUT2D eigenvalue weighted by atomic mass is 10.1. The quantitative estimate of drug-likeness (QED) is 0.754. The summed E-state index contributed by atoms with van der Waals surface area (Å²) in [5.74, 6) is -0.208. The van der Waals surface area contributed by atoms with E-state index >= 15 is 0 Å². The summed E-state index contributed by atoms with van der Waals surface area (Å²) in [7, 11) is 0. The van der Waals surface area contributed by atoms with Crippen molar-refractivity contribution < 1.29 is 14.7 Å². The van der Waals surface area contributed by atoms with Crippen LogP contribution in [-0.4, -0.2) is 41.1 Å². The Labute approximate surface area is 99.0 Å². The Morgan fingerprint density at radius 3 is 2.59 bits per heavy atom. The molecule has 0 aromatic heterocycles. The molecular weight excluding hydrogens is 220 g/mol. The van der Waals surface area contributed by atoms with E-state index in [9.17, 15) is 9.59 Å². The number of benzene rings is 1. The second-order valence-electron chi connectivity index (χ2n) is 3.97. The third kappa shape index (κ3) is 2.55. The fourth-order valence-electron chi connectivity index (χ4n) is 1.81. The zero-order valence-corrected chi connectivity index (χ0v) is 9.30. The van der Waals surface area contributed by atoms with Gasteiger partial charge in [-0.15, -0.1) is 0 Å². The predicted octanol–water partition coefficient (Wildman–Crippen LogP) is 0.707. The summed E-state index contributed by atoms with van der Waals surface area (Å²) >= 11 is 0. The van der Waals surface area contributed by atoms with Crippen molar-refractivity contribution in [1.82, 2.24) is 10.2 Å². The molecule has 2 N–H and O–H groups in total. The Morgan fingerprint density at radius 1 is 1.41 bits per heavy atom. The van der Waals surface area contributed by atoms with Crippen LogP contribution < -0.4 is 5.32 Å². The summed E-state index contributed by atoms with van der Waals surface area (Å²) in [6, 6.07) is 9.11. The minimum absolute atomic E-state index is 0.208. The summed E-state index contributed by atoms with van der Waals surface area (Å²) in [6.45, 7) is 0.761. The highest BCUT2D eigenvalue weighted by molar-refractivity contribution is 5.90. The monoisotopic (exact) mass is 234 g/mol. The van der Waals surface area contributed by atoms with Crippen LogP contribution in [0.25, 0.3) is 0 Å². The molecule has 0 bridgehead atoms. The van der Waals surface area contributed by atoms with Crippen LogP contribution in [0, 0.1) is 0 Å². The van der Waals surface area contributed by atoms with Gasteiger partial charge in [-0.3, -0.25) is 9.69 Å². The van der Waals surface area contributed by atoms with E-state index in [1.165, 1.54) is 4.90 Å². The Hall–Kier alpha value is -2.04. The van der Waals surface area contributed by atoms with Crippen molar-refractivity contribution in [2.75, 3.05) is 13.1 Å². The minimum atomic E-state index is -1.04. The van der Waals surface area contributed by atoms with Crippen LogP contribution in [0.15, 0.2) is 30.3 Å². The number of carbonyl (C=O) groups excluding carboxylic acids is 1. The number of amides is 2. The van der Waals surface area contributed by atoms with E-state index in [4.69, 9.17) is 5.11 Å². The molecule has 0 unspecified atom stereocenters. The van der Waals surface area contributed by atoms with Gasteiger partial charge >= 0.3 is 6.09 Å². The van der Waals surface area contributed by atoms with Gasteiger partial charge in [0.25, 0.3) is 0 Å². The Morgan fingerprint density at radius 2 is 2.12 bits per heavy atom. The van der Waals surface area contributed by atoms with E-state index in [-0.39, 0.29) is 5.91 Å². The average molecular weight is 234 g/mol. The van der Waals surface area contributed by atoms with E-state index in [0.29, 0.717) is 19.5 Å². The normalized spacial score (nSPS) is 18.1. The zero-order valence-electron chi connectivity index (χ0n) is 9.30. The lowest BCUT2D eigenvalue weighted by Crippen LogP contribution is -2.63. The van der Waals surface area contributed by atoms with Gasteiger partial charge in [0.05, 0.1) is 0 Å². The van der Waals surface area contributed by atoms with Crippen LogP contribution in [-0.2, 0) is 11.2 Å². The summed E-state index contributed by atoms with van der Waals surface area (Å²) in [4.78, 5) is 23.4. The predicted molar refractivity (Wildman–Crippen MR) is 61.7 cm³/mol. The molecule has 17 heavy (non-hydrogen) atoms. The highest BCUT2D eigenvalue weighted by Crippen LogP contribution is 2.09. The van der Waals surface area contributed by atoms with Gasteiger partial charge in [-0.25, -0.2) is 4.79 Å². The Bertz CT molecular complexity index is 419. The largest absolute Gasteiger partial charge is 0.465 e. The highest BCUT2D eigenvalue weighted by Gasteiger charge is 2.36. The second-order valence-corrected chi connectivity index (χ2v) is 3.97. The molecule has 5 nitrogen and oxygen atoms in total. The molecule has 1 aromatic rings. The molecule has 0 aliphatic carbocycles. The van der Waals surface area contributed by atoms with E-state index < -0.39 is 12.1 Å². The molecule has 0 saturated carbocycles. The fraction of sp³-hybridized carbons (Fsp3) is 0.333. The molecule has 2 rings (SSSR count). The number of nitrogens with zero attached hydrogens (tertiary/aromatic N) is 1. The molecule has 2 amide bonds. The van der Waals surface area contributed by atoms with Crippen LogP contribution in [0.2, 0.25) is 0 Å². The van der Waals surface area contributed by atoms with Gasteiger partial charge in [0.2, 0.25) is 5.91 Å². The molecule has 0 radical (unpaired) electrons. The smallest absolute Gasteiger partial charge is 0.408 e. The van der Waals surface area contributed by atoms with Crippen molar-refractivity contribution in [3.63, 3.8) is 0 Å². The molecular formula is C12H14N2O3. The van der Waals surface area contributed by atoms with Gasteiger partial charge < -0.3 is 10.4 Å². The highest BCUT2D eigenvalue weighted by atomic mass is 16.4. The molecule has 1 saturated heterocycles. The number of nitrogens with one attached hydrogen (secondary N) is 1. The summed E-state index contributed by atoms with van der Waals surface area (Å²) in [5.41, 5.74) is 1.07. The summed E-state index contributed by atoms with van der Waals surface area (Å²) < 4.78 is 0. The number of carboxylic acid groups (broad SMARTS) is 1. The zero-order chi connectivity index (χ0) is 12.3. The maximum Gasteiger partial charge on any atom is 0.408 e. The second kappa shape index (κ2) is 4.86. The van der Waals surface area contributed by atoms with Crippen LogP contribution in [0.1, 0.15) is 5.56 Å². The van der Waals surface area contributed by atoms with Crippen LogP contribution in [0.4, 0.5) is 4.79 Å². The number of rotatable bonds is 4. The number of hydrogen-bond donors (Lipinski definition) is 2. The van der Waals surface area contributed by atoms with Crippen molar-refractivity contribution in [3.05, 3.63) is 35.9 Å². The molecule has 1 aliphatic rings. The Balaban J connectivity index is 1.95. The number of hydrogen-bond acceptors (Lipinski definition) is 2. The minimum Gasteiger partial charge on any atom is -0.465 e. The molecule has 1 heterocycles. The van der Waals surface area contributed by atoms with Gasteiger partial charge in [0.15, 0.2) is 0 Å². The lowest BCUT2D eigenvalue weighted by Gasteiger charge is -2.34. The molecule has 1 aliphatic heterocycles. The molecule has 5 heteroatoms. The molecule has 90 valence electrons. The summed E-state index contributed by atoms with van der Waals surface area (Å²) in [5, 5.41) is 11.6. The fourth-order valence-corrected chi connectivity index (χ4v) is 1.81. The van der Waals surface area contributed by atoms with Gasteiger partial charge in [-0.1, -0.05) is 30.3 Å². The van der Waals surface area contributed by atoms with Crippen LogP contribution in [0.3, 0.4) is 0 Å². The first-order valence-corrected chi connectivity index (χ1v) is 5.49. The first-order valence-electron chi connectivity index (χ1n) is 5.49. The standard InChI is InChI=1S/C12H14N2O3/c15-11-10(8-13-11)14(12(16)17)7-6-9-4-2-1-3-5-9/h1-5,10H,6-8H2,(H,13,15)(H,16,17)/t10-/m0/s1. The molecule has 1 aromatic carbocycles. The van der Waals surface area contributed by atoms with Gasteiger partial charge in [-0.2, -0.15) is 0 Å². The first-order chi connectivity index (χ1) is 8.18. The van der Waals surface area contributed by atoms with Gasteiger partial charge in [-0.05, 0) is 12.0 Å². The topological polar surface area (TPSA) is 69.6 Å². The van der Waals surface area contributed by atoms with Crippen LogP contribution >= 0.6 is 0 Å². The molecule has 1 fully saturated rings. The average Bonchev–Trinajstić information content (AvgIpc) is 2.33. The van der Waals surface area contributed by atoms with Crippen molar-refractivity contribution in [3.8, 4) is 0 Å². The lowest BCUT2D eigenvalue weighted by molar-refractivity contribution is -0.132. The van der Waals surface area contributed by atoms with E-state index in [2.05, 4.69) is 5.32 Å². The van der Waals surface area contributed by atoms with Crippen molar-refractivity contribution in [2.45, 2.75) is 12.5 Å². The van der Waals surface area contributed by atoms with E-state index in [1.807, 2.05) is 30.3 Å². The third-order valence-electron chi connectivity index (χ3n) is 2.88. The molecule has 0 spiro atoms. The maximum absolute atomic E-state index is 11.2. The van der Waals surface area contributed by atoms with E-state index in [0.717, 1.165) is 5.56 Å². The van der Waals surface area contributed by atoms with Crippen molar-refractivity contribution in [1.29, 1.82) is 0 Å². The summed E-state index contributed by atoms with van der Waals surface area (Å²) in [6.07, 6.45) is -0.419. The molecule has 1 atom stereocenters. The number of carbonyl (C=O) groups is 2. The van der Waals surface area contributed by atoms with Crippen molar-refractivity contribution >= 4 is 12.0 Å². The van der Waals surface area contributed by atoms with Crippen molar-refractivity contribution in [2.24, 2.45) is 0 Å². The maximum atomic E-state index is 11.2. The first kappa shape index (κ1) is 11.4. The van der Waals surface area contributed by atoms with E-state index in [1.54, 1.807) is 0 Å². The Kier molecular flexibility index (Phi) is 3.27.